The van der Waals surface area contributed by atoms with Gasteiger partial charge in [-0.15, -0.1) is 0 Å². The van der Waals surface area contributed by atoms with Gasteiger partial charge < -0.3 is 14.8 Å². The Hall–Kier alpha value is -1.29. The fraction of sp³-hybridized carbons (Fsp3) is 0.583. The lowest BCUT2D eigenvalue weighted by Crippen LogP contribution is -2.49. The predicted octanol–water partition coefficient (Wildman–Crippen LogP) is 1.62. The van der Waals surface area contributed by atoms with Crippen LogP contribution in [0.4, 0.5) is 0 Å². The maximum absolute atomic E-state index is 11.9. The minimum absolute atomic E-state index is 0.00950. The zero-order valence-electron chi connectivity index (χ0n) is 9.45. The molecule has 1 aromatic rings. The first-order chi connectivity index (χ1) is 7.65. The fourth-order valence-electron chi connectivity index (χ4n) is 2.25. The molecule has 2 rings (SSSR count). The molecule has 88 valence electrons. The second kappa shape index (κ2) is 4.29. The molecule has 2 N–H and O–H groups in total. The van der Waals surface area contributed by atoms with Gasteiger partial charge in [0, 0.05) is 0 Å². The third kappa shape index (κ3) is 2.11. The average Bonchev–Trinajstić information content (AvgIpc) is 2.88. The molecule has 16 heavy (non-hydrogen) atoms. The Morgan fingerprint density at radius 3 is 2.75 bits per heavy atom. The van der Waals surface area contributed by atoms with E-state index in [4.69, 9.17) is 4.42 Å². The summed E-state index contributed by atoms with van der Waals surface area (Å²) in [4.78, 5) is 11.9. The van der Waals surface area contributed by atoms with Crippen molar-refractivity contribution in [1.29, 1.82) is 0 Å². The Kier molecular flexibility index (Phi) is 3.01. The lowest BCUT2D eigenvalue weighted by Gasteiger charge is -2.27. The van der Waals surface area contributed by atoms with E-state index in [-0.39, 0.29) is 12.5 Å². The van der Waals surface area contributed by atoms with Crippen LogP contribution in [0.2, 0.25) is 0 Å². The summed E-state index contributed by atoms with van der Waals surface area (Å²) in [6, 6.07) is 1.70. The molecular formula is C12H17NO3. The Morgan fingerprint density at radius 2 is 2.25 bits per heavy atom. The number of carbonyl (C=O) groups excluding carboxylic acids is 1. The molecule has 0 saturated heterocycles. The van der Waals surface area contributed by atoms with Gasteiger partial charge >= 0.3 is 0 Å². The second-order valence-electron chi connectivity index (χ2n) is 4.55. The molecule has 1 heterocycles. The van der Waals surface area contributed by atoms with Gasteiger partial charge in [0.2, 0.25) is 0 Å². The molecule has 1 fully saturated rings. The van der Waals surface area contributed by atoms with E-state index in [1.165, 1.54) is 6.26 Å². The van der Waals surface area contributed by atoms with Gasteiger partial charge in [0.15, 0.2) is 0 Å². The predicted molar refractivity (Wildman–Crippen MR) is 59.2 cm³/mol. The van der Waals surface area contributed by atoms with Crippen LogP contribution in [0.5, 0.6) is 0 Å². The van der Waals surface area contributed by atoms with Crippen molar-refractivity contribution in [1.82, 2.24) is 5.32 Å². The average molecular weight is 223 g/mol. The molecule has 0 unspecified atom stereocenters. The monoisotopic (exact) mass is 223 g/mol. The van der Waals surface area contributed by atoms with E-state index in [1.807, 2.05) is 0 Å². The highest BCUT2D eigenvalue weighted by molar-refractivity contribution is 5.94. The summed E-state index contributed by atoms with van der Waals surface area (Å²) in [5.74, 6) is 0.558. The van der Waals surface area contributed by atoms with Crippen molar-refractivity contribution in [2.45, 2.75) is 38.1 Å². The molecule has 4 nitrogen and oxygen atoms in total. The van der Waals surface area contributed by atoms with Crippen molar-refractivity contribution in [3.8, 4) is 0 Å². The first-order valence-electron chi connectivity index (χ1n) is 5.64. The van der Waals surface area contributed by atoms with Crippen LogP contribution >= 0.6 is 0 Å². The van der Waals surface area contributed by atoms with Crippen molar-refractivity contribution in [3.05, 3.63) is 23.7 Å². The lowest BCUT2D eigenvalue weighted by molar-refractivity contribution is 0.0838. The highest BCUT2D eigenvalue weighted by Crippen LogP contribution is 2.29. The van der Waals surface area contributed by atoms with E-state index >= 15 is 0 Å². The van der Waals surface area contributed by atoms with Gasteiger partial charge in [0.25, 0.3) is 5.91 Å². The number of amides is 1. The topological polar surface area (TPSA) is 62.5 Å². The summed E-state index contributed by atoms with van der Waals surface area (Å²) in [6.45, 7) is 1.81. The maximum Gasteiger partial charge on any atom is 0.255 e. The van der Waals surface area contributed by atoms with Crippen LogP contribution in [-0.4, -0.2) is 23.2 Å². The molecule has 0 atom stereocenters. The molecule has 0 radical (unpaired) electrons. The largest absolute Gasteiger partial charge is 0.469 e. The van der Waals surface area contributed by atoms with E-state index in [2.05, 4.69) is 5.32 Å². The summed E-state index contributed by atoms with van der Waals surface area (Å²) in [5.41, 5.74) is 0.111. The molecule has 1 aliphatic rings. The van der Waals surface area contributed by atoms with Crippen molar-refractivity contribution in [2.24, 2.45) is 0 Å². The summed E-state index contributed by atoms with van der Waals surface area (Å²) < 4.78 is 5.09. The maximum atomic E-state index is 11.9. The Morgan fingerprint density at radius 1 is 1.56 bits per heavy atom. The smallest absolute Gasteiger partial charge is 0.255 e. The molecule has 1 amide bonds. The van der Waals surface area contributed by atoms with Crippen molar-refractivity contribution in [2.75, 3.05) is 6.61 Å². The van der Waals surface area contributed by atoms with Gasteiger partial charge in [-0.2, -0.15) is 0 Å². The van der Waals surface area contributed by atoms with E-state index in [0.29, 0.717) is 5.56 Å². The molecule has 0 bridgehead atoms. The molecule has 0 aromatic carbocycles. The molecule has 0 aliphatic heterocycles. The number of nitrogens with one attached hydrogen (secondary N) is 1. The third-order valence-corrected chi connectivity index (χ3v) is 3.23. The Bertz CT molecular complexity index is 377. The number of aryl methyl sites for hydroxylation is 1. The van der Waals surface area contributed by atoms with E-state index < -0.39 is 5.54 Å². The molecule has 1 aromatic heterocycles. The van der Waals surface area contributed by atoms with Gasteiger partial charge in [0.05, 0.1) is 17.7 Å². The highest BCUT2D eigenvalue weighted by Gasteiger charge is 2.34. The summed E-state index contributed by atoms with van der Waals surface area (Å²) in [7, 11) is 0. The quantitative estimate of drug-likeness (QED) is 0.818. The van der Waals surface area contributed by atoms with Crippen LogP contribution in [0.1, 0.15) is 41.8 Å². The number of carbonyl (C=O) groups is 1. The summed E-state index contributed by atoms with van der Waals surface area (Å²) in [6.07, 6.45) is 5.28. The van der Waals surface area contributed by atoms with Gasteiger partial charge in [0.1, 0.15) is 12.0 Å². The Labute approximate surface area is 94.6 Å². The number of rotatable bonds is 3. The summed E-state index contributed by atoms with van der Waals surface area (Å²) >= 11 is 0. The van der Waals surface area contributed by atoms with E-state index in [1.54, 1.807) is 13.0 Å². The van der Waals surface area contributed by atoms with Crippen molar-refractivity contribution in [3.63, 3.8) is 0 Å². The van der Waals surface area contributed by atoms with E-state index in [9.17, 15) is 9.90 Å². The molecule has 1 saturated carbocycles. The van der Waals surface area contributed by atoms with Gasteiger partial charge in [-0.25, -0.2) is 0 Å². The molecule has 4 heteroatoms. The van der Waals surface area contributed by atoms with Crippen molar-refractivity contribution < 1.29 is 14.3 Å². The standard InChI is InChI=1S/C12H17NO3/c1-9-6-10(7-16-9)11(15)13-12(8-14)4-2-3-5-12/h6-7,14H,2-5,8H2,1H3,(H,13,15). The van der Waals surface area contributed by atoms with Crippen LogP contribution in [0.15, 0.2) is 16.7 Å². The minimum Gasteiger partial charge on any atom is -0.469 e. The number of furan rings is 1. The number of hydrogen-bond acceptors (Lipinski definition) is 3. The van der Waals surface area contributed by atoms with Gasteiger partial charge in [-0.1, -0.05) is 12.8 Å². The normalized spacial score (nSPS) is 18.6. The minimum atomic E-state index is -0.414. The first-order valence-corrected chi connectivity index (χ1v) is 5.64. The zero-order chi connectivity index (χ0) is 11.6. The zero-order valence-corrected chi connectivity index (χ0v) is 9.45. The van der Waals surface area contributed by atoms with Gasteiger partial charge in [-0.05, 0) is 25.8 Å². The third-order valence-electron chi connectivity index (χ3n) is 3.23. The number of aliphatic hydroxyl groups excluding tert-OH is 1. The van der Waals surface area contributed by atoms with Crippen LogP contribution < -0.4 is 5.32 Å². The van der Waals surface area contributed by atoms with Crippen molar-refractivity contribution >= 4 is 5.91 Å². The first kappa shape index (κ1) is 11.2. The molecular weight excluding hydrogens is 206 g/mol. The lowest BCUT2D eigenvalue weighted by atomic mass is 9.98. The van der Waals surface area contributed by atoms with E-state index in [0.717, 1.165) is 31.4 Å². The van der Waals surface area contributed by atoms with Crippen LogP contribution in [-0.2, 0) is 0 Å². The SMILES string of the molecule is Cc1cc(C(=O)NC2(CO)CCCC2)co1. The number of aliphatic hydroxyl groups is 1. The molecule has 0 spiro atoms. The van der Waals surface area contributed by atoms with Crippen LogP contribution in [0.25, 0.3) is 0 Å². The second-order valence-corrected chi connectivity index (χ2v) is 4.55. The highest BCUT2D eigenvalue weighted by atomic mass is 16.3. The Balaban J connectivity index is 2.06. The van der Waals surface area contributed by atoms with Crippen LogP contribution in [0, 0.1) is 6.92 Å². The van der Waals surface area contributed by atoms with Gasteiger partial charge in [-0.3, -0.25) is 4.79 Å². The number of hydrogen-bond donors (Lipinski definition) is 2. The fourth-order valence-corrected chi connectivity index (χ4v) is 2.25. The summed E-state index contributed by atoms with van der Waals surface area (Å²) in [5, 5.41) is 12.3. The molecule has 1 aliphatic carbocycles. The van der Waals surface area contributed by atoms with Crippen LogP contribution in [0.3, 0.4) is 0 Å².